The monoisotopic (exact) mass is 388 g/mol. The van der Waals surface area contributed by atoms with E-state index in [1.807, 2.05) is 30.8 Å². The Morgan fingerprint density at radius 3 is 2.76 bits per heavy atom. The zero-order valence-electron chi connectivity index (χ0n) is 16.7. The molecule has 1 N–H and O–H groups in total. The molecular formula is C23H24N4O2. The number of rotatable bonds is 4. The summed E-state index contributed by atoms with van der Waals surface area (Å²) in [5, 5.41) is 16.4. The van der Waals surface area contributed by atoms with E-state index in [4.69, 9.17) is 9.40 Å². The number of nitrogens with zero attached hydrogens (tertiary/aromatic N) is 4. The van der Waals surface area contributed by atoms with Crippen molar-refractivity contribution in [2.75, 3.05) is 6.54 Å². The number of hydrogen-bond donors (Lipinski definition) is 1. The maximum atomic E-state index is 9.61. The maximum absolute atomic E-state index is 9.61. The van der Waals surface area contributed by atoms with Crippen molar-refractivity contribution in [3.8, 4) is 11.5 Å². The fraction of sp³-hybridized carbons (Fsp3) is 0.304. The van der Waals surface area contributed by atoms with Crippen LogP contribution in [0.1, 0.15) is 28.4 Å². The molecule has 0 radical (unpaired) electrons. The third-order valence-electron chi connectivity index (χ3n) is 5.82. The first-order chi connectivity index (χ1) is 14.1. The predicted octanol–water partition coefficient (Wildman–Crippen LogP) is 3.59. The van der Waals surface area contributed by atoms with E-state index in [0.29, 0.717) is 5.89 Å². The molecule has 3 heterocycles. The molecule has 0 saturated carbocycles. The van der Waals surface area contributed by atoms with Crippen molar-refractivity contribution in [3.63, 3.8) is 0 Å². The summed E-state index contributed by atoms with van der Waals surface area (Å²) in [4.78, 5) is 7.15. The van der Waals surface area contributed by atoms with Crippen LogP contribution in [0.3, 0.4) is 0 Å². The molecule has 0 saturated heterocycles. The third kappa shape index (κ3) is 3.24. The van der Waals surface area contributed by atoms with Crippen LogP contribution >= 0.6 is 0 Å². The molecule has 0 bridgehead atoms. The van der Waals surface area contributed by atoms with Gasteiger partial charge in [0.05, 0.1) is 18.0 Å². The molecule has 6 heteroatoms. The molecule has 0 unspecified atom stereocenters. The molecule has 2 aromatic carbocycles. The lowest BCUT2D eigenvalue weighted by Gasteiger charge is -2.26. The second-order valence-electron chi connectivity index (χ2n) is 7.70. The van der Waals surface area contributed by atoms with Gasteiger partial charge in [0.2, 0.25) is 5.89 Å². The number of aliphatic hydroxyl groups is 1. The smallest absolute Gasteiger partial charge is 0.226 e. The largest absolute Gasteiger partial charge is 0.441 e. The Labute approximate surface area is 169 Å². The van der Waals surface area contributed by atoms with E-state index in [9.17, 15) is 5.11 Å². The quantitative estimate of drug-likeness (QED) is 0.579. The van der Waals surface area contributed by atoms with E-state index < -0.39 is 0 Å². The molecule has 1 aliphatic rings. The van der Waals surface area contributed by atoms with Gasteiger partial charge in [0.25, 0.3) is 0 Å². The normalized spacial score (nSPS) is 14.4. The molecule has 0 spiro atoms. The molecule has 0 atom stereocenters. The average molecular weight is 388 g/mol. The number of aliphatic hydroxyl groups excluding tert-OH is 1. The van der Waals surface area contributed by atoms with Crippen molar-refractivity contribution in [1.82, 2.24) is 19.7 Å². The predicted molar refractivity (Wildman–Crippen MR) is 111 cm³/mol. The minimum atomic E-state index is -0.0217. The van der Waals surface area contributed by atoms with Gasteiger partial charge < -0.3 is 9.52 Å². The van der Waals surface area contributed by atoms with Crippen LogP contribution in [-0.2, 0) is 33.2 Å². The van der Waals surface area contributed by atoms with Crippen LogP contribution in [0, 0.1) is 6.92 Å². The van der Waals surface area contributed by atoms with Crippen LogP contribution in [0.4, 0.5) is 0 Å². The lowest BCUT2D eigenvalue weighted by atomic mass is 10.0. The second-order valence-corrected chi connectivity index (χ2v) is 7.70. The summed E-state index contributed by atoms with van der Waals surface area (Å²) in [7, 11) is 1.95. The van der Waals surface area contributed by atoms with Gasteiger partial charge >= 0.3 is 0 Å². The summed E-state index contributed by atoms with van der Waals surface area (Å²) in [5.41, 5.74) is 5.11. The Morgan fingerprint density at radius 1 is 1.10 bits per heavy atom. The molecular weight excluding hydrogens is 364 g/mol. The van der Waals surface area contributed by atoms with Crippen LogP contribution in [-0.4, -0.2) is 31.3 Å². The summed E-state index contributed by atoms with van der Waals surface area (Å²) < 4.78 is 7.92. The molecule has 2 aromatic heterocycles. The molecule has 148 valence electrons. The van der Waals surface area contributed by atoms with E-state index in [2.05, 4.69) is 40.3 Å². The molecule has 0 fully saturated rings. The van der Waals surface area contributed by atoms with E-state index in [1.54, 1.807) is 0 Å². The number of hydrogen-bond acceptors (Lipinski definition) is 5. The van der Waals surface area contributed by atoms with Crippen molar-refractivity contribution in [2.45, 2.75) is 33.0 Å². The van der Waals surface area contributed by atoms with Gasteiger partial charge in [-0.3, -0.25) is 9.58 Å². The highest BCUT2D eigenvalue weighted by Gasteiger charge is 2.25. The summed E-state index contributed by atoms with van der Waals surface area (Å²) >= 11 is 0. The molecule has 29 heavy (non-hydrogen) atoms. The van der Waals surface area contributed by atoms with E-state index in [-0.39, 0.29) is 6.61 Å². The Hall–Kier alpha value is -2.96. The van der Waals surface area contributed by atoms with Gasteiger partial charge in [0.15, 0.2) is 0 Å². The molecule has 0 amide bonds. The maximum Gasteiger partial charge on any atom is 0.226 e. The summed E-state index contributed by atoms with van der Waals surface area (Å²) in [5.74, 6) is 1.52. The number of benzene rings is 2. The number of aryl methyl sites for hydroxylation is 2. The van der Waals surface area contributed by atoms with Crippen molar-refractivity contribution in [3.05, 3.63) is 70.9 Å². The van der Waals surface area contributed by atoms with Crippen LogP contribution in [0.25, 0.3) is 22.2 Å². The molecule has 5 rings (SSSR count). The summed E-state index contributed by atoms with van der Waals surface area (Å²) in [6.45, 7) is 4.39. The van der Waals surface area contributed by atoms with Gasteiger partial charge in [-0.2, -0.15) is 5.10 Å². The fourth-order valence-electron chi connectivity index (χ4n) is 4.22. The Kier molecular flexibility index (Phi) is 4.45. The van der Waals surface area contributed by atoms with Crippen molar-refractivity contribution in [1.29, 1.82) is 0 Å². The van der Waals surface area contributed by atoms with Gasteiger partial charge in [-0.15, -0.1) is 0 Å². The zero-order chi connectivity index (χ0) is 20.0. The lowest BCUT2D eigenvalue weighted by Crippen LogP contribution is -2.31. The van der Waals surface area contributed by atoms with E-state index in [1.165, 1.54) is 16.5 Å². The Morgan fingerprint density at radius 2 is 1.93 bits per heavy atom. The van der Waals surface area contributed by atoms with E-state index in [0.717, 1.165) is 54.3 Å². The molecule has 0 aliphatic carbocycles. The van der Waals surface area contributed by atoms with Crippen LogP contribution in [0.5, 0.6) is 0 Å². The SMILES string of the molecule is Cc1oc(-c2ccc3ccccc3c2)nc1CN1CCc2c(c(CO)nn2C)C1. The van der Waals surface area contributed by atoms with Gasteiger partial charge in [-0.1, -0.05) is 30.3 Å². The molecule has 6 nitrogen and oxygen atoms in total. The standard InChI is InChI=1S/C23H24N4O2/c1-15-20(13-27-10-9-22-19(12-27)21(14-28)25-26(22)2)24-23(29-15)18-8-7-16-5-3-4-6-17(16)11-18/h3-8,11,28H,9-10,12-14H2,1-2H3. The Balaban J connectivity index is 1.39. The Bertz CT molecular complexity index is 1190. The third-order valence-corrected chi connectivity index (χ3v) is 5.82. The number of fused-ring (bicyclic) bond motifs is 2. The van der Waals surface area contributed by atoms with Crippen molar-refractivity contribution < 1.29 is 9.52 Å². The summed E-state index contributed by atoms with van der Waals surface area (Å²) in [6.07, 6.45) is 0.924. The molecule has 1 aliphatic heterocycles. The van der Waals surface area contributed by atoms with Crippen LogP contribution in [0.15, 0.2) is 46.9 Å². The van der Waals surface area contributed by atoms with Crippen LogP contribution in [0.2, 0.25) is 0 Å². The minimum absolute atomic E-state index is 0.0217. The van der Waals surface area contributed by atoms with E-state index >= 15 is 0 Å². The first kappa shape index (κ1) is 18.1. The van der Waals surface area contributed by atoms with Crippen molar-refractivity contribution in [2.24, 2.45) is 7.05 Å². The minimum Gasteiger partial charge on any atom is -0.441 e. The fourth-order valence-corrected chi connectivity index (χ4v) is 4.22. The highest BCUT2D eigenvalue weighted by Crippen LogP contribution is 2.28. The highest BCUT2D eigenvalue weighted by atomic mass is 16.4. The zero-order valence-corrected chi connectivity index (χ0v) is 16.7. The topological polar surface area (TPSA) is 67.3 Å². The van der Waals surface area contributed by atoms with Gasteiger partial charge in [-0.25, -0.2) is 4.98 Å². The van der Waals surface area contributed by atoms with Gasteiger partial charge in [0.1, 0.15) is 5.76 Å². The number of oxazole rings is 1. The van der Waals surface area contributed by atoms with Gasteiger partial charge in [-0.05, 0) is 29.8 Å². The lowest BCUT2D eigenvalue weighted by molar-refractivity contribution is 0.233. The first-order valence-corrected chi connectivity index (χ1v) is 9.94. The summed E-state index contributed by atoms with van der Waals surface area (Å²) in [6, 6.07) is 14.6. The van der Waals surface area contributed by atoms with Crippen molar-refractivity contribution >= 4 is 10.8 Å². The number of aromatic nitrogens is 3. The molecule has 4 aromatic rings. The highest BCUT2D eigenvalue weighted by molar-refractivity contribution is 5.86. The van der Waals surface area contributed by atoms with Gasteiger partial charge in [0, 0.05) is 49.9 Å². The first-order valence-electron chi connectivity index (χ1n) is 9.94. The average Bonchev–Trinajstić information content (AvgIpc) is 3.27. The second kappa shape index (κ2) is 7.13. The van der Waals surface area contributed by atoms with Crippen LogP contribution < -0.4 is 0 Å².